The van der Waals surface area contributed by atoms with Crippen molar-refractivity contribution >= 4 is 18.0 Å². The Labute approximate surface area is 114 Å². The third-order valence-corrected chi connectivity index (χ3v) is 3.61. The lowest BCUT2D eigenvalue weighted by atomic mass is 10.1. The summed E-state index contributed by atoms with van der Waals surface area (Å²) < 4.78 is 13.6. The zero-order valence-electron chi connectivity index (χ0n) is 9.97. The number of rotatable bonds is 4. The second-order valence-electron chi connectivity index (χ2n) is 3.90. The van der Waals surface area contributed by atoms with Crippen LogP contribution in [0.1, 0.15) is 21.5 Å². The van der Waals surface area contributed by atoms with Crippen molar-refractivity contribution in [1.29, 1.82) is 5.26 Å². The molecule has 19 heavy (non-hydrogen) atoms. The molecule has 4 heteroatoms. The molecule has 94 valence electrons. The molecule has 0 aromatic heterocycles. The highest BCUT2D eigenvalue weighted by Gasteiger charge is 2.05. The van der Waals surface area contributed by atoms with Gasteiger partial charge in [0.05, 0.1) is 11.6 Å². The summed E-state index contributed by atoms with van der Waals surface area (Å²) in [5, 5.41) is 8.79. The normalized spacial score (nSPS) is 9.89. The van der Waals surface area contributed by atoms with Gasteiger partial charge in [-0.25, -0.2) is 4.39 Å². The first-order valence-corrected chi connectivity index (χ1v) is 6.58. The minimum atomic E-state index is -0.321. The van der Waals surface area contributed by atoms with E-state index in [2.05, 4.69) is 0 Å². The molecule has 0 N–H and O–H groups in total. The predicted octanol–water partition coefficient (Wildman–Crippen LogP) is 3.80. The zero-order chi connectivity index (χ0) is 13.7. The molecule has 0 saturated carbocycles. The highest BCUT2D eigenvalue weighted by atomic mass is 32.2. The topological polar surface area (TPSA) is 40.9 Å². The van der Waals surface area contributed by atoms with E-state index < -0.39 is 0 Å². The molecule has 0 unspecified atom stereocenters. The second kappa shape index (κ2) is 6.17. The van der Waals surface area contributed by atoms with Crippen LogP contribution in [-0.2, 0) is 5.75 Å². The maximum Gasteiger partial charge on any atom is 0.150 e. The van der Waals surface area contributed by atoms with E-state index in [1.165, 1.54) is 23.9 Å². The summed E-state index contributed by atoms with van der Waals surface area (Å²) in [5.41, 5.74) is 1.52. The monoisotopic (exact) mass is 271 g/mol. The third-order valence-electron chi connectivity index (χ3n) is 2.56. The van der Waals surface area contributed by atoms with Gasteiger partial charge in [-0.1, -0.05) is 12.1 Å². The summed E-state index contributed by atoms with van der Waals surface area (Å²) in [4.78, 5) is 11.6. The molecular formula is C15H10FNOS. The van der Waals surface area contributed by atoms with Crippen molar-refractivity contribution in [1.82, 2.24) is 0 Å². The number of halogens is 1. The number of carbonyl (C=O) groups is 1. The lowest BCUT2D eigenvalue weighted by Gasteiger charge is -2.04. The Kier molecular flexibility index (Phi) is 4.32. The number of aldehydes is 1. The average Bonchev–Trinajstić information content (AvgIpc) is 2.46. The van der Waals surface area contributed by atoms with Crippen molar-refractivity contribution in [2.75, 3.05) is 0 Å². The smallest absolute Gasteiger partial charge is 0.150 e. The zero-order valence-corrected chi connectivity index (χ0v) is 10.8. The fourth-order valence-electron chi connectivity index (χ4n) is 1.59. The van der Waals surface area contributed by atoms with Crippen LogP contribution in [0.25, 0.3) is 0 Å². The molecule has 0 aliphatic heterocycles. The first kappa shape index (κ1) is 13.3. The van der Waals surface area contributed by atoms with Crippen molar-refractivity contribution in [2.24, 2.45) is 0 Å². The molecule has 0 spiro atoms. The maximum atomic E-state index is 13.6. The Morgan fingerprint density at radius 2 is 2.11 bits per heavy atom. The largest absolute Gasteiger partial charge is 0.298 e. The summed E-state index contributed by atoms with van der Waals surface area (Å²) in [5.74, 6) is 0.0990. The maximum absolute atomic E-state index is 13.6. The van der Waals surface area contributed by atoms with E-state index in [4.69, 9.17) is 5.26 Å². The summed E-state index contributed by atoms with van der Waals surface area (Å²) in [6.45, 7) is 0. The van der Waals surface area contributed by atoms with Crippen LogP contribution in [-0.4, -0.2) is 6.29 Å². The summed E-state index contributed by atoms with van der Waals surface area (Å²) in [6, 6.07) is 13.4. The number of carbonyl (C=O) groups excluding carboxylic acids is 1. The van der Waals surface area contributed by atoms with Gasteiger partial charge in [-0.3, -0.25) is 4.79 Å². The van der Waals surface area contributed by atoms with Crippen LogP contribution >= 0.6 is 11.8 Å². The highest BCUT2D eigenvalue weighted by molar-refractivity contribution is 7.98. The Hall–Kier alpha value is -2.12. The molecule has 0 radical (unpaired) electrons. The number of benzene rings is 2. The van der Waals surface area contributed by atoms with Crippen LogP contribution in [0.4, 0.5) is 4.39 Å². The molecule has 0 amide bonds. The molecule has 0 aliphatic carbocycles. The van der Waals surface area contributed by atoms with Gasteiger partial charge in [-0.2, -0.15) is 5.26 Å². The van der Waals surface area contributed by atoms with Gasteiger partial charge in [-0.05, 0) is 35.9 Å². The van der Waals surface area contributed by atoms with Crippen LogP contribution in [0, 0.1) is 17.1 Å². The van der Waals surface area contributed by atoms with Gasteiger partial charge < -0.3 is 0 Å². The van der Waals surface area contributed by atoms with Crippen molar-refractivity contribution in [2.45, 2.75) is 10.6 Å². The molecule has 0 aliphatic rings. The minimum Gasteiger partial charge on any atom is -0.298 e. The molecule has 2 nitrogen and oxygen atoms in total. The van der Waals surface area contributed by atoms with Crippen LogP contribution in [0.3, 0.4) is 0 Å². The fraction of sp³-hybridized carbons (Fsp3) is 0.0667. The predicted molar refractivity (Wildman–Crippen MR) is 72.5 cm³/mol. The summed E-state index contributed by atoms with van der Waals surface area (Å²) in [7, 11) is 0. The van der Waals surface area contributed by atoms with Crippen molar-refractivity contribution in [3.63, 3.8) is 0 Å². The third kappa shape index (κ3) is 3.43. The number of hydrogen-bond acceptors (Lipinski definition) is 3. The van der Waals surface area contributed by atoms with Gasteiger partial charge in [-0.15, -0.1) is 11.8 Å². The SMILES string of the molecule is N#Cc1ccc(F)c(CSc2cccc(C=O)c2)c1. The Morgan fingerprint density at radius 1 is 1.26 bits per heavy atom. The van der Waals surface area contributed by atoms with Crippen molar-refractivity contribution < 1.29 is 9.18 Å². The van der Waals surface area contributed by atoms with E-state index in [0.29, 0.717) is 22.4 Å². The van der Waals surface area contributed by atoms with E-state index in [9.17, 15) is 9.18 Å². The van der Waals surface area contributed by atoms with Gasteiger partial charge in [0, 0.05) is 16.2 Å². The standard InChI is InChI=1S/C15H10FNOS/c16-15-5-4-11(8-17)6-13(15)10-19-14-3-1-2-12(7-14)9-18/h1-7,9H,10H2. The highest BCUT2D eigenvalue weighted by Crippen LogP contribution is 2.25. The van der Waals surface area contributed by atoms with Gasteiger partial charge in [0.25, 0.3) is 0 Å². The first-order valence-electron chi connectivity index (χ1n) is 5.59. The van der Waals surface area contributed by atoms with Gasteiger partial charge >= 0.3 is 0 Å². The molecule has 0 saturated heterocycles. The molecule has 2 aromatic carbocycles. The van der Waals surface area contributed by atoms with E-state index >= 15 is 0 Å². The van der Waals surface area contributed by atoms with Gasteiger partial charge in [0.15, 0.2) is 0 Å². The first-order chi connectivity index (χ1) is 9.22. The number of thioether (sulfide) groups is 1. The van der Waals surface area contributed by atoms with Crippen molar-refractivity contribution in [3.05, 3.63) is 65.0 Å². The van der Waals surface area contributed by atoms with E-state index in [1.807, 2.05) is 12.1 Å². The van der Waals surface area contributed by atoms with Gasteiger partial charge in [0.2, 0.25) is 0 Å². The van der Waals surface area contributed by atoms with E-state index in [-0.39, 0.29) is 5.82 Å². The number of nitriles is 1. The molecule has 0 fully saturated rings. The molecule has 2 rings (SSSR count). The summed E-state index contributed by atoms with van der Waals surface area (Å²) in [6.07, 6.45) is 0.779. The Bertz CT molecular complexity index is 649. The molecular weight excluding hydrogens is 261 g/mol. The lowest BCUT2D eigenvalue weighted by Crippen LogP contribution is -1.89. The minimum absolute atomic E-state index is 0.321. The number of nitrogens with zero attached hydrogens (tertiary/aromatic N) is 1. The van der Waals surface area contributed by atoms with Crippen LogP contribution in [0.2, 0.25) is 0 Å². The van der Waals surface area contributed by atoms with Crippen LogP contribution < -0.4 is 0 Å². The van der Waals surface area contributed by atoms with Crippen molar-refractivity contribution in [3.8, 4) is 6.07 Å². The van der Waals surface area contributed by atoms with Crippen LogP contribution in [0.5, 0.6) is 0 Å². The molecule has 0 heterocycles. The lowest BCUT2D eigenvalue weighted by molar-refractivity contribution is 0.112. The van der Waals surface area contributed by atoms with E-state index in [1.54, 1.807) is 24.3 Å². The Morgan fingerprint density at radius 3 is 2.84 bits per heavy atom. The Balaban J connectivity index is 2.14. The summed E-state index contributed by atoms with van der Waals surface area (Å²) >= 11 is 1.43. The molecule has 0 atom stereocenters. The molecule has 0 bridgehead atoms. The number of hydrogen-bond donors (Lipinski definition) is 0. The van der Waals surface area contributed by atoms with Crippen LogP contribution in [0.15, 0.2) is 47.4 Å². The van der Waals surface area contributed by atoms with E-state index in [0.717, 1.165) is 11.2 Å². The fourth-order valence-corrected chi connectivity index (χ4v) is 2.53. The van der Waals surface area contributed by atoms with Gasteiger partial charge in [0.1, 0.15) is 12.1 Å². The quantitative estimate of drug-likeness (QED) is 0.627. The molecule has 2 aromatic rings. The average molecular weight is 271 g/mol. The second-order valence-corrected chi connectivity index (χ2v) is 4.95.